The topological polar surface area (TPSA) is 47.6 Å². The molecule has 5 heteroatoms. The van der Waals surface area contributed by atoms with Crippen LogP contribution < -0.4 is 5.32 Å². The van der Waals surface area contributed by atoms with Gasteiger partial charge in [0, 0.05) is 12.7 Å². The van der Waals surface area contributed by atoms with Crippen molar-refractivity contribution >= 4 is 6.09 Å². The molecule has 1 N–H and O–H groups in total. The van der Waals surface area contributed by atoms with Gasteiger partial charge in [-0.15, -0.1) is 0 Å². The molecule has 0 heterocycles. The van der Waals surface area contributed by atoms with Crippen LogP contribution in [0, 0.1) is 5.82 Å². The number of methoxy groups -OCH3 is 1. The summed E-state index contributed by atoms with van der Waals surface area (Å²) < 4.78 is 23.8. The van der Waals surface area contributed by atoms with Crippen molar-refractivity contribution in [2.45, 2.75) is 19.4 Å². The minimum Gasteiger partial charge on any atom is -0.450 e. The summed E-state index contributed by atoms with van der Waals surface area (Å²) in [5.41, 5.74) is -0.540. The van der Waals surface area contributed by atoms with E-state index in [9.17, 15) is 9.18 Å². The molecule has 0 fully saturated rings. The zero-order chi connectivity index (χ0) is 13.6. The Morgan fingerprint density at radius 1 is 1.44 bits per heavy atom. The van der Waals surface area contributed by atoms with Gasteiger partial charge in [0.25, 0.3) is 0 Å². The molecule has 0 aliphatic carbocycles. The molecule has 0 saturated carbocycles. The van der Waals surface area contributed by atoms with Gasteiger partial charge in [0.15, 0.2) is 0 Å². The van der Waals surface area contributed by atoms with Crippen molar-refractivity contribution in [3.8, 4) is 0 Å². The molecule has 100 valence electrons. The Morgan fingerprint density at radius 2 is 2.11 bits per heavy atom. The summed E-state index contributed by atoms with van der Waals surface area (Å²) in [6.07, 6.45) is -0.544. The third kappa shape index (κ3) is 3.43. The van der Waals surface area contributed by atoms with Crippen LogP contribution in [0.2, 0.25) is 0 Å². The first-order valence-corrected chi connectivity index (χ1v) is 5.74. The molecule has 4 nitrogen and oxygen atoms in total. The van der Waals surface area contributed by atoms with Gasteiger partial charge in [-0.25, -0.2) is 9.18 Å². The number of benzene rings is 1. The van der Waals surface area contributed by atoms with Gasteiger partial charge in [-0.2, -0.15) is 0 Å². The van der Waals surface area contributed by atoms with Crippen LogP contribution in [0.3, 0.4) is 0 Å². The molecule has 1 aromatic rings. The number of hydrogen-bond acceptors (Lipinski definition) is 3. The lowest BCUT2D eigenvalue weighted by Crippen LogP contribution is -2.40. The Morgan fingerprint density at radius 3 is 2.67 bits per heavy atom. The van der Waals surface area contributed by atoms with E-state index < -0.39 is 11.7 Å². The van der Waals surface area contributed by atoms with Crippen LogP contribution in [-0.2, 0) is 15.1 Å². The molecule has 0 saturated heterocycles. The molecule has 1 rings (SSSR count). The Bertz CT molecular complexity index is 411. The van der Waals surface area contributed by atoms with Gasteiger partial charge in [0.1, 0.15) is 11.4 Å². The van der Waals surface area contributed by atoms with Crippen LogP contribution in [0.25, 0.3) is 0 Å². The van der Waals surface area contributed by atoms with Crippen molar-refractivity contribution in [2.75, 3.05) is 20.3 Å². The molecule has 1 atom stereocenters. The number of nitrogens with one attached hydrogen (secondary N) is 1. The van der Waals surface area contributed by atoms with E-state index in [1.54, 1.807) is 32.0 Å². The second-order valence-corrected chi connectivity index (χ2v) is 3.99. The number of hydrogen-bond donors (Lipinski definition) is 1. The highest BCUT2D eigenvalue weighted by Crippen LogP contribution is 2.26. The van der Waals surface area contributed by atoms with Crippen LogP contribution in [0.4, 0.5) is 9.18 Å². The predicted octanol–water partition coefficient (Wildman–Crippen LogP) is 2.43. The van der Waals surface area contributed by atoms with Crippen LogP contribution in [0.15, 0.2) is 24.3 Å². The number of ether oxygens (including phenoxy) is 2. The normalized spacial score (nSPS) is 13.8. The molecule has 0 radical (unpaired) electrons. The summed E-state index contributed by atoms with van der Waals surface area (Å²) in [6.45, 7) is 3.84. The van der Waals surface area contributed by atoms with Gasteiger partial charge in [-0.3, -0.25) is 0 Å². The third-order valence-corrected chi connectivity index (χ3v) is 2.74. The van der Waals surface area contributed by atoms with E-state index in [0.29, 0.717) is 5.56 Å². The molecule has 18 heavy (non-hydrogen) atoms. The summed E-state index contributed by atoms with van der Waals surface area (Å²) in [6, 6.07) is 6.32. The lowest BCUT2D eigenvalue weighted by molar-refractivity contribution is -0.000315. The molecular weight excluding hydrogens is 237 g/mol. The van der Waals surface area contributed by atoms with E-state index in [1.165, 1.54) is 13.2 Å². The standard InChI is InChI=1S/C13H18FNO3/c1-4-18-12(16)15-9-13(2,17-3)10-7-5-6-8-11(10)14/h5-8H,4,9H2,1-3H3,(H,15,16)/t13-/m1/s1. The van der Waals surface area contributed by atoms with Gasteiger partial charge in [-0.05, 0) is 19.9 Å². The van der Waals surface area contributed by atoms with E-state index in [0.717, 1.165) is 0 Å². The molecule has 0 unspecified atom stereocenters. The maximum atomic E-state index is 13.7. The summed E-state index contributed by atoms with van der Waals surface area (Å²) in [5.74, 6) is -0.368. The van der Waals surface area contributed by atoms with Gasteiger partial charge in [0.2, 0.25) is 0 Å². The van der Waals surface area contributed by atoms with Gasteiger partial charge >= 0.3 is 6.09 Å². The fraction of sp³-hybridized carbons (Fsp3) is 0.462. The third-order valence-electron chi connectivity index (χ3n) is 2.74. The van der Waals surface area contributed by atoms with Crippen molar-refractivity contribution in [2.24, 2.45) is 0 Å². The quantitative estimate of drug-likeness (QED) is 0.879. The minimum atomic E-state index is -0.932. The predicted molar refractivity (Wildman–Crippen MR) is 65.8 cm³/mol. The Hall–Kier alpha value is -1.62. The van der Waals surface area contributed by atoms with Gasteiger partial charge in [0.05, 0.1) is 13.2 Å². The second-order valence-electron chi connectivity index (χ2n) is 3.99. The Balaban J connectivity index is 2.80. The largest absolute Gasteiger partial charge is 0.450 e. The molecule has 0 bridgehead atoms. The fourth-order valence-electron chi connectivity index (χ4n) is 1.59. The number of halogens is 1. The van der Waals surface area contributed by atoms with Crippen molar-refractivity contribution < 1.29 is 18.7 Å². The Kier molecular flexibility index (Phi) is 5.09. The highest BCUT2D eigenvalue weighted by Gasteiger charge is 2.29. The lowest BCUT2D eigenvalue weighted by Gasteiger charge is -2.29. The monoisotopic (exact) mass is 255 g/mol. The first kappa shape index (κ1) is 14.4. The highest BCUT2D eigenvalue weighted by atomic mass is 19.1. The average molecular weight is 255 g/mol. The Labute approximate surface area is 106 Å². The van der Waals surface area contributed by atoms with Crippen molar-refractivity contribution in [3.63, 3.8) is 0 Å². The maximum absolute atomic E-state index is 13.7. The summed E-state index contributed by atoms with van der Waals surface area (Å²) in [4.78, 5) is 11.2. The van der Waals surface area contributed by atoms with Crippen LogP contribution >= 0.6 is 0 Å². The highest BCUT2D eigenvalue weighted by molar-refractivity contribution is 5.67. The minimum absolute atomic E-state index is 0.128. The van der Waals surface area contributed by atoms with Crippen LogP contribution in [-0.4, -0.2) is 26.4 Å². The molecule has 0 aliphatic rings. The van der Waals surface area contributed by atoms with Crippen LogP contribution in [0.1, 0.15) is 19.4 Å². The van der Waals surface area contributed by atoms with E-state index >= 15 is 0 Å². The fourth-order valence-corrected chi connectivity index (χ4v) is 1.59. The zero-order valence-corrected chi connectivity index (χ0v) is 10.8. The number of carbonyl (C=O) groups is 1. The lowest BCUT2D eigenvalue weighted by atomic mass is 9.95. The summed E-state index contributed by atoms with van der Waals surface area (Å²) >= 11 is 0. The van der Waals surface area contributed by atoms with Crippen molar-refractivity contribution in [1.29, 1.82) is 0 Å². The van der Waals surface area contributed by atoms with Crippen molar-refractivity contribution in [3.05, 3.63) is 35.6 Å². The molecular formula is C13H18FNO3. The van der Waals surface area contributed by atoms with E-state index in [2.05, 4.69) is 5.32 Å². The smallest absolute Gasteiger partial charge is 0.407 e. The maximum Gasteiger partial charge on any atom is 0.407 e. The van der Waals surface area contributed by atoms with Gasteiger partial charge < -0.3 is 14.8 Å². The van der Waals surface area contributed by atoms with Gasteiger partial charge in [-0.1, -0.05) is 18.2 Å². The van der Waals surface area contributed by atoms with E-state index in [4.69, 9.17) is 9.47 Å². The van der Waals surface area contributed by atoms with Crippen LogP contribution in [0.5, 0.6) is 0 Å². The number of alkyl carbamates (subject to hydrolysis) is 1. The van der Waals surface area contributed by atoms with E-state index in [-0.39, 0.29) is 19.0 Å². The van der Waals surface area contributed by atoms with Crippen molar-refractivity contribution in [1.82, 2.24) is 5.32 Å². The average Bonchev–Trinajstić information content (AvgIpc) is 2.37. The molecule has 0 spiro atoms. The SMILES string of the molecule is CCOC(=O)NC[C@@](C)(OC)c1ccccc1F. The first-order valence-electron chi connectivity index (χ1n) is 5.74. The molecule has 1 aromatic carbocycles. The molecule has 0 aromatic heterocycles. The zero-order valence-electron chi connectivity index (χ0n) is 10.8. The number of amides is 1. The first-order chi connectivity index (χ1) is 8.53. The second kappa shape index (κ2) is 6.35. The number of rotatable bonds is 5. The molecule has 1 amide bonds. The molecule has 0 aliphatic heterocycles. The summed E-state index contributed by atoms with van der Waals surface area (Å²) in [7, 11) is 1.47. The number of carbonyl (C=O) groups excluding carboxylic acids is 1. The van der Waals surface area contributed by atoms with E-state index in [1.807, 2.05) is 0 Å². The summed E-state index contributed by atoms with van der Waals surface area (Å²) in [5, 5.41) is 2.55.